The number of rotatable bonds is 7. The van der Waals surface area contributed by atoms with Crippen LogP contribution in [0.2, 0.25) is 0 Å². The third-order valence-electron chi connectivity index (χ3n) is 4.10. The number of carbonyl (C=O) groups excluding carboxylic acids is 1. The summed E-state index contributed by atoms with van der Waals surface area (Å²) in [5.41, 5.74) is 0.832. The number of anilines is 1. The van der Waals surface area contributed by atoms with Crippen molar-refractivity contribution in [2.24, 2.45) is 0 Å². The Morgan fingerprint density at radius 3 is 2.77 bits per heavy atom. The van der Waals surface area contributed by atoms with E-state index in [1.807, 2.05) is 36.0 Å². The molecule has 1 aliphatic rings. The summed E-state index contributed by atoms with van der Waals surface area (Å²) >= 11 is 1.48. The highest BCUT2D eigenvalue weighted by molar-refractivity contribution is 7.98. The van der Waals surface area contributed by atoms with Crippen LogP contribution >= 0.6 is 11.8 Å². The second-order valence-electron chi connectivity index (χ2n) is 6.38. The van der Waals surface area contributed by atoms with Crippen LogP contribution in [0.1, 0.15) is 34.9 Å². The summed E-state index contributed by atoms with van der Waals surface area (Å²) in [5.74, 6) is 2.53. The number of thioether (sulfide) groups is 1. The highest BCUT2D eigenvalue weighted by Gasteiger charge is 2.22. The van der Waals surface area contributed by atoms with Crippen molar-refractivity contribution in [1.29, 1.82) is 0 Å². The van der Waals surface area contributed by atoms with Crippen LogP contribution in [0.4, 0.5) is 5.82 Å². The highest BCUT2D eigenvalue weighted by Crippen LogP contribution is 2.24. The second kappa shape index (κ2) is 8.55. The van der Waals surface area contributed by atoms with Crippen molar-refractivity contribution in [1.82, 2.24) is 14.9 Å². The summed E-state index contributed by atoms with van der Waals surface area (Å²) in [5, 5.41) is 0.659. The monoisotopic (exact) mass is 376 g/mol. The second-order valence-corrected chi connectivity index (χ2v) is 7.32. The van der Waals surface area contributed by atoms with E-state index in [0.717, 1.165) is 43.2 Å². The number of likely N-dealkylation sites (tertiary alicyclic amines) is 1. The van der Waals surface area contributed by atoms with Crippen LogP contribution in [-0.2, 0) is 17.1 Å². The normalized spacial score (nSPS) is 14.0. The van der Waals surface area contributed by atoms with Crippen molar-refractivity contribution >= 4 is 23.5 Å². The van der Waals surface area contributed by atoms with E-state index in [2.05, 4.69) is 9.97 Å². The summed E-state index contributed by atoms with van der Waals surface area (Å²) in [4.78, 5) is 25.2. The molecule has 0 radical (unpaired) electrons. The number of hydrogen-bond donors (Lipinski definition) is 0. The SMILES string of the molecule is COCc1cc(N(C)C)nc(SCc2ccc(C(=O)N3CCCC3)o2)n1. The zero-order valence-corrected chi connectivity index (χ0v) is 16.2. The number of nitrogens with zero attached hydrogens (tertiary/aromatic N) is 4. The van der Waals surface area contributed by atoms with Crippen LogP contribution in [0.25, 0.3) is 0 Å². The minimum atomic E-state index is -0.0213. The van der Waals surface area contributed by atoms with E-state index in [9.17, 15) is 4.79 Å². The van der Waals surface area contributed by atoms with Gasteiger partial charge in [-0.05, 0) is 25.0 Å². The standard InChI is InChI=1S/C18H24N4O3S/c1-21(2)16-10-13(11-24-3)19-18(20-16)26-12-14-6-7-15(25-14)17(23)22-8-4-5-9-22/h6-7,10H,4-5,8-9,11-12H2,1-3H3. The summed E-state index contributed by atoms with van der Waals surface area (Å²) < 4.78 is 10.9. The van der Waals surface area contributed by atoms with Gasteiger partial charge in [-0.25, -0.2) is 9.97 Å². The van der Waals surface area contributed by atoms with E-state index in [1.54, 1.807) is 13.2 Å². The molecule has 0 aliphatic carbocycles. The smallest absolute Gasteiger partial charge is 0.289 e. The zero-order valence-electron chi connectivity index (χ0n) is 15.4. The van der Waals surface area contributed by atoms with E-state index < -0.39 is 0 Å². The fourth-order valence-electron chi connectivity index (χ4n) is 2.76. The number of ether oxygens (including phenoxy) is 1. The Labute approximate surface area is 157 Å². The number of hydrogen-bond acceptors (Lipinski definition) is 7. The largest absolute Gasteiger partial charge is 0.455 e. The molecular formula is C18H24N4O3S. The van der Waals surface area contributed by atoms with Gasteiger partial charge in [0.1, 0.15) is 11.6 Å². The van der Waals surface area contributed by atoms with Gasteiger partial charge >= 0.3 is 0 Å². The predicted molar refractivity (Wildman–Crippen MR) is 100 cm³/mol. The Morgan fingerprint density at radius 1 is 1.31 bits per heavy atom. The molecule has 26 heavy (non-hydrogen) atoms. The fourth-order valence-corrected chi connectivity index (χ4v) is 3.52. The molecule has 0 bridgehead atoms. The van der Waals surface area contributed by atoms with Crippen molar-refractivity contribution in [2.75, 3.05) is 39.2 Å². The van der Waals surface area contributed by atoms with Crippen molar-refractivity contribution < 1.29 is 13.9 Å². The molecule has 2 aromatic rings. The molecule has 1 saturated heterocycles. The third-order valence-corrected chi connectivity index (χ3v) is 4.97. The Hall–Kier alpha value is -2.06. The number of aromatic nitrogens is 2. The van der Waals surface area contributed by atoms with Gasteiger partial charge in [-0.15, -0.1) is 0 Å². The third kappa shape index (κ3) is 4.56. The molecule has 0 unspecified atom stereocenters. The van der Waals surface area contributed by atoms with Gasteiger partial charge in [-0.2, -0.15) is 0 Å². The summed E-state index contributed by atoms with van der Waals surface area (Å²) in [7, 11) is 5.53. The van der Waals surface area contributed by atoms with Crippen LogP contribution in [0, 0.1) is 0 Å². The Morgan fingerprint density at radius 2 is 2.08 bits per heavy atom. The molecule has 2 aromatic heterocycles. The van der Waals surface area contributed by atoms with Gasteiger partial charge in [0.2, 0.25) is 0 Å². The summed E-state index contributed by atoms with van der Waals surface area (Å²) in [6.07, 6.45) is 2.14. The van der Waals surface area contributed by atoms with Gasteiger partial charge in [0, 0.05) is 40.4 Å². The van der Waals surface area contributed by atoms with Crippen LogP contribution < -0.4 is 4.90 Å². The van der Waals surface area contributed by atoms with Crippen LogP contribution in [0.15, 0.2) is 27.8 Å². The molecule has 0 saturated carbocycles. The van der Waals surface area contributed by atoms with Crippen molar-refractivity contribution in [2.45, 2.75) is 30.4 Å². The maximum Gasteiger partial charge on any atom is 0.289 e. The van der Waals surface area contributed by atoms with Crippen molar-refractivity contribution in [3.63, 3.8) is 0 Å². The molecule has 3 rings (SSSR count). The zero-order chi connectivity index (χ0) is 18.5. The molecule has 7 nitrogen and oxygen atoms in total. The molecule has 0 atom stereocenters. The lowest BCUT2D eigenvalue weighted by molar-refractivity contribution is 0.0760. The van der Waals surface area contributed by atoms with Gasteiger partial charge in [0.25, 0.3) is 5.91 Å². The molecular weight excluding hydrogens is 352 g/mol. The number of carbonyl (C=O) groups is 1. The number of methoxy groups -OCH3 is 1. The van der Waals surface area contributed by atoms with Gasteiger partial charge < -0.3 is 19.0 Å². The number of furan rings is 1. The van der Waals surface area contributed by atoms with Crippen LogP contribution in [-0.4, -0.2) is 55.1 Å². The van der Waals surface area contributed by atoms with E-state index in [1.165, 1.54) is 11.8 Å². The first-order valence-corrected chi connectivity index (χ1v) is 9.60. The average Bonchev–Trinajstić information content (AvgIpc) is 3.31. The Bertz CT molecular complexity index is 757. The van der Waals surface area contributed by atoms with E-state index in [4.69, 9.17) is 9.15 Å². The average molecular weight is 376 g/mol. The first-order valence-electron chi connectivity index (χ1n) is 8.62. The number of amides is 1. The molecule has 0 spiro atoms. The molecule has 140 valence electrons. The van der Waals surface area contributed by atoms with E-state index in [0.29, 0.717) is 23.3 Å². The maximum atomic E-state index is 12.4. The molecule has 8 heteroatoms. The summed E-state index contributed by atoms with van der Waals surface area (Å²) in [6.45, 7) is 2.07. The predicted octanol–water partition coefficient (Wildman–Crippen LogP) is 2.81. The Balaban J connectivity index is 1.66. The van der Waals surface area contributed by atoms with Gasteiger partial charge in [0.05, 0.1) is 18.1 Å². The maximum absolute atomic E-state index is 12.4. The minimum absolute atomic E-state index is 0.0213. The lowest BCUT2D eigenvalue weighted by atomic mass is 10.4. The molecule has 1 aliphatic heterocycles. The molecule has 1 amide bonds. The topological polar surface area (TPSA) is 71.7 Å². The van der Waals surface area contributed by atoms with Crippen LogP contribution in [0.3, 0.4) is 0 Å². The molecule has 0 N–H and O–H groups in total. The highest BCUT2D eigenvalue weighted by atomic mass is 32.2. The molecule has 3 heterocycles. The van der Waals surface area contributed by atoms with Gasteiger partial charge in [0.15, 0.2) is 10.9 Å². The van der Waals surface area contributed by atoms with Crippen molar-refractivity contribution in [3.8, 4) is 0 Å². The molecule has 1 fully saturated rings. The molecule has 0 aromatic carbocycles. The first-order chi connectivity index (χ1) is 12.6. The summed E-state index contributed by atoms with van der Waals surface area (Å²) in [6, 6.07) is 5.51. The lowest BCUT2D eigenvalue weighted by Gasteiger charge is -2.13. The van der Waals surface area contributed by atoms with E-state index in [-0.39, 0.29) is 5.91 Å². The van der Waals surface area contributed by atoms with Crippen molar-refractivity contribution in [3.05, 3.63) is 35.4 Å². The van der Waals surface area contributed by atoms with Gasteiger partial charge in [-0.3, -0.25) is 4.79 Å². The fraction of sp³-hybridized carbons (Fsp3) is 0.500. The quantitative estimate of drug-likeness (QED) is 0.543. The minimum Gasteiger partial charge on any atom is -0.455 e. The van der Waals surface area contributed by atoms with Gasteiger partial charge in [-0.1, -0.05) is 11.8 Å². The Kier molecular flexibility index (Phi) is 6.16. The first kappa shape index (κ1) is 18.7. The van der Waals surface area contributed by atoms with E-state index >= 15 is 0 Å². The lowest BCUT2D eigenvalue weighted by Crippen LogP contribution is -2.27. The van der Waals surface area contributed by atoms with Crippen LogP contribution in [0.5, 0.6) is 0 Å².